The molecule has 1 aliphatic rings. The van der Waals surface area contributed by atoms with Crippen molar-refractivity contribution >= 4 is 0 Å². The molecule has 0 heteroatoms. The Hall–Kier alpha value is -1.30. The Morgan fingerprint density at radius 1 is 1.12 bits per heavy atom. The summed E-state index contributed by atoms with van der Waals surface area (Å²) in [4.78, 5) is 0. The van der Waals surface area contributed by atoms with Crippen LogP contribution in [0.25, 0.3) is 0 Å². The maximum Gasteiger partial charge on any atom is 0.0114 e. The third-order valence-corrected chi connectivity index (χ3v) is 3.63. The van der Waals surface area contributed by atoms with E-state index in [9.17, 15) is 0 Å². The zero-order chi connectivity index (χ0) is 11.8. The van der Waals surface area contributed by atoms with Crippen LogP contribution in [0.1, 0.15) is 37.0 Å². The van der Waals surface area contributed by atoms with E-state index in [1.54, 1.807) is 0 Å². The van der Waals surface area contributed by atoms with Crippen molar-refractivity contribution < 1.29 is 0 Å². The first-order chi connectivity index (χ1) is 7.51. The number of hydrogen-bond donors (Lipinski definition) is 0. The van der Waals surface area contributed by atoms with Crippen LogP contribution in [-0.2, 0) is 5.41 Å². The molecule has 0 saturated carbocycles. The number of benzene rings is 1. The van der Waals surface area contributed by atoms with Gasteiger partial charge in [0.05, 0.1) is 0 Å². The lowest BCUT2D eigenvalue weighted by molar-refractivity contribution is 0.609. The van der Waals surface area contributed by atoms with E-state index >= 15 is 0 Å². The van der Waals surface area contributed by atoms with E-state index < -0.39 is 0 Å². The smallest absolute Gasteiger partial charge is 0.0114 e. The summed E-state index contributed by atoms with van der Waals surface area (Å²) >= 11 is 0. The predicted octanol–water partition coefficient (Wildman–Crippen LogP) is 4.47. The minimum absolute atomic E-state index is 0.154. The Balaban J connectivity index is 2.43. The van der Waals surface area contributed by atoms with E-state index in [0.29, 0.717) is 0 Å². The molecule has 0 aliphatic heterocycles. The molecule has 84 valence electrons. The number of rotatable bonds is 2. The van der Waals surface area contributed by atoms with Crippen LogP contribution in [0, 0.1) is 13.8 Å². The van der Waals surface area contributed by atoms with Crippen LogP contribution < -0.4 is 0 Å². The van der Waals surface area contributed by atoms with Crippen molar-refractivity contribution in [3.63, 3.8) is 0 Å². The van der Waals surface area contributed by atoms with Crippen LogP contribution in [0.3, 0.4) is 0 Å². The molecule has 0 saturated heterocycles. The summed E-state index contributed by atoms with van der Waals surface area (Å²) in [7, 11) is 0. The van der Waals surface area contributed by atoms with Crippen molar-refractivity contribution in [1.29, 1.82) is 0 Å². The zero-order valence-corrected chi connectivity index (χ0v) is 10.7. The van der Waals surface area contributed by atoms with Crippen molar-refractivity contribution in [2.45, 2.75) is 39.5 Å². The van der Waals surface area contributed by atoms with Gasteiger partial charge in [0.2, 0.25) is 0 Å². The highest BCUT2D eigenvalue weighted by atomic mass is 14.3. The van der Waals surface area contributed by atoms with Crippen molar-refractivity contribution in [2.75, 3.05) is 0 Å². The number of hydrogen-bond acceptors (Lipinski definition) is 0. The van der Waals surface area contributed by atoms with Gasteiger partial charge in [-0.25, -0.2) is 0 Å². The monoisotopic (exact) mass is 212 g/mol. The molecule has 0 unspecified atom stereocenters. The second-order valence-electron chi connectivity index (χ2n) is 5.27. The maximum absolute atomic E-state index is 2.32. The molecule has 0 fully saturated rings. The summed E-state index contributed by atoms with van der Waals surface area (Å²) in [6.07, 6.45) is 7.76. The minimum Gasteiger partial charge on any atom is -0.0804 e. The summed E-state index contributed by atoms with van der Waals surface area (Å²) in [5.41, 5.74) is 5.86. The van der Waals surface area contributed by atoms with Gasteiger partial charge in [-0.15, -0.1) is 0 Å². The maximum atomic E-state index is 2.32. The highest BCUT2D eigenvalue weighted by Crippen LogP contribution is 2.37. The van der Waals surface area contributed by atoms with E-state index in [1.165, 1.54) is 22.3 Å². The van der Waals surface area contributed by atoms with Gasteiger partial charge in [0.25, 0.3) is 0 Å². The molecule has 0 bridgehead atoms. The number of allylic oxidation sites excluding steroid dienone is 4. The Morgan fingerprint density at radius 2 is 1.88 bits per heavy atom. The first-order valence-electron chi connectivity index (χ1n) is 5.96. The first kappa shape index (κ1) is 11.2. The lowest BCUT2D eigenvalue weighted by atomic mass is 9.75. The molecule has 2 rings (SSSR count). The third kappa shape index (κ3) is 1.84. The lowest BCUT2D eigenvalue weighted by Gasteiger charge is -2.29. The van der Waals surface area contributed by atoms with Gasteiger partial charge in [0.15, 0.2) is 0 Å². The molecular formula is C16H20. The SMILES string of the molecule is Cc1ccc(C(C)(C)C2=CC=CC2)c(C)c1. The van der Waals surface area contributed by atoms with Crippen LogP contribution >= 0.6 is 0 Å². The highest BCUT2D eigenvalue weighted by Gasteiger charge is 2.26. The fourth-order valence-electron chi connectivity index (χ4n) is 2.60. The molecular weight excluding hydrogens is 192 g/mol. The van der Waals surface area contributed by atoms with Gasteiger partial charge in [0, 0.05) is 5.41 Å². The zero-order valence-electron chi connectivity index (χ0n) is 10.7. The molecule has 0 N–H and O–H groups in total. The van der Waals surface area contributed by atoms with E-state index in [1.807, 2.05) is 0 Å². The van der Waals surface area contributed by atoms with Crippen molar-refractivity contribution in [3.05, 3.63) is 58.7 Å². The Labute approximate surface area is 98.7 Å². The summed E-state index contributed by atoms with van der Waals surface area (Å²) in [5.74, 6) is 0. The largest absolute Gasteiger partial charge is 0.0804 e. The van der Waals surface area contributed by atoms with Crippen LogP contribution in [0.5, 0.6) is 0 Å². The molecule has 0 heterocycles. The van der Waals surface area contributed by atoms with Gasteiger partial charge >= 0.3 is 0 Å². The molecule has 0 atom stereocenters. The Kier molecular flexibility index (Phi) is 2.75. The molecule has 0 spiro atoms. The third-order valence-electron chi connectivity index (χ3n) is 3.63. The molecule has 16 heavy (non-hydrogen) atoms. The fourth-order valence-corrected chi connectivity index (χ4v) is 2.60. The normalized spacial score (nSPS) is 15.4. The second kappa shape index (κ2) is 3.93. The van der Waals surface area contributed by atoms with Crippen LogP contribution in [0.2, 0.25) is 0 Å². The van der Waals surface area contributed by atoms with Gasteiger partial charge in [-0.05, 0) is 31.4 Å². The highest BCUT2D eigenvalue weighted by molar-refractivity contribution is 5.44. The Bertz CT molecular complexity index is 459. The topological polar surface area (TPSA) is 0 Å². The van der Waals surface area contributed by atoms with E-state index in [0.717, 1.165) is 6.42 Å². The minimum atomic E-state index is 0.154. The van der Waals surface area contributed by atoms with Gasteiger partial charge < -0.3 is 0 Å². The van der Waals surface area contributed by atoms with Crippen molar-refractivity contribution in [3.8, 4) is 0 Å². The van der Waals surface area contributed by atoms with Crippen LogP contribution in [0.15, 0.2) is 42.0 Å². The average Bonchev–Trinajstić information content (AvgIpc) is 2.69. The van der Waals surface area contributed by atoms with E-state index in [2.05, 4.69) is 64.1 Å². The van der Waals surface area contributed by atoms with E-state index in [4.69, 9.17) is 0 Å². The summed E-state index contributed by atoms with van der Waals surface area (Å²) < 4.78 is 0. The number of aryl methyl sites for hydroxylation is 2. The predicted molar refractivity (Wildman–Crippen MR) is 70.8 cm³/mol. The average molecular weight is 212 g/mol. The molecule has 1 aromatic rings. The fraction of sp³-hybridized carbons (Fsp3) is 0.375. The Morgan fingerprint density at radius 3 is 2.44 bits per heavy atom. The van der Waals surface area contributed by atoms with Gasteiger partial charge in [-0.2, -0.15) is 0 Å². The van der Waals surface area contributed by atoms with Gasteiger partial charge in [-0.1, -0.05) is 61.4 Å². The van der Waals surface area contributed by atoms with Gasteiger partial charge in [-0.3, -0.25) is 0 Å². The standard InChI is InChI=1S/C16H20/c1-12-9-10-15(13(2)11-12)16(3,4)14-7-5-6-8-14/h5-7,9-11H,8H2,1-4H3. The van der Waals surface area contributed by atoms with Crippen molar-refractivity contribution in [1.82, 2.24) is 0 Å². The lowest BCUT2D eigenvalue weighted by Crippen LogP contribution is -2.20. The molecule has 0 aromatic heterocycles. The summed E-state index contributed by atoms with van der Waals surface area (Å²) in [6.45, 7) is 9.01. The molecule has 0 nitrogen and oxygen atoms in total. The van der Waals surface area contributed by atoms with Crippen molar-refractivity contribution in [2.24, 2.45) is 0 Å². The second-order valence-corrected chi connectivity index (χ2v) is 5.27. The summed E-state index contributed by atoms with van der Waals surface area (Å²) in [5, 5.41) is 0. The quantitative estimate of drug-likeness (QED) is 0.678. The van der Waals surface area contributed by atoms with Crippen LogP contribution in [-0.4, -0.2) is 0 Å². The van der Waals surface area contributed by atoms with E-state index in [-0.39, 0.29) is 5.41 Å². The molecule has 0 radical (unpaired) electrons. The van der Waals surface area contributed by atoms with Crippen LogP contribution in [0.4, 0.5) is 0 Å². The summed E-state index contributed by atoms with van der Waals surface area (Å²) in [6, 6.07) is 6.77. The molecule has 0 amide bonds. The van der Waals surface area contributed by atoms with Gasteiger partial charge in [0.1, 0.15) is 0 Å². The first-order valence-corrected chi connectivity index (χ1v) is 5.96. The molecule has 1 aliphatic carbocycles. The molecule has 1 aromatic carbocycles.